The number of rotatable bonds is 13. The van der Waals surface area contributed by atoms with E-state index in [0.29, 0.717) is 0 Å². The zero-order valence-electron chi connectivity index (χ0n) is 55.1. The normalized spacial score (nSPS) is 28.9. The predicted octanol–water partition coefficient (Wildman–Crippen LogP) is 0.950. The van der Waals surface area contributed by atoms with Gasteiger partial charge in [-0.25, -0.2) is 4.79 Å². The number of aliphatic carboxylic acids is 1. The number of ether oxygens (including phenoxy) is 6. The number of carboxylic acid groups (broad SMARTS) is 1. The van der Waals surface area contributed by atoms with Crippen molar-refractivity contribution in [1.29, 1.82) is 0 Å². The minimum Gasteiger partial charge on any atom is -0.508 e. The lowest BCUT2D eigenvalue weighted by atomic mass is 9.86. The molecule has 0 aliphatic carbocycles. The number of hydrogen-bond donors (Lipinski definition) is 19. The van der Waals surface area contributed by atoms with Crippen molar-refractivity contribution in [1.82, 2.24) is 37.2 Å². The van der Waals surface area contributed by atoms with E-state index in [1.54, 1.807) is 0 Å². The van der Waals surface area contributed by atoms with Crippen molar-refractivity contribution in [3.63, 3.8) is 0 Å². The van der Waals surface area contributed by atoms with E-state index in [4.69, 9.17) is 63.1 Å². The van der Waals surface area contributed by atoms with Crippen LogP contribution in [-0.2, 0) is 52.6 Å². The van der Waals surface area contributed by atoms with Crippen molar-refractivity contribution in [2.75, 3.05) is 13.7 Å². The summed E-state index contributed by atoms with van der Waals surface area (Å²) in [7, 11) is 1.47. The number of likely N-dealkylation sites (N-methyl/N-ethyl adjacent to an activating group) is 1. The summed E-state index contributed by atoms with van der Waals surface area (Å²) >= 11 is 14.1. The summed E-state index contributed by atoms with van der Waals surface area (Å²) in [6.45, 7) is 5.66. The van der Waals surface area contributed by atoms with E-state index in [0.717, 1.165) is 66.7 Å². The number of amides is 7. The average Bonchev–Trinajstić information content (AvgIpc) is 0.773. The number of aromatic hydroxyl groups is 3. The Morgan fingerprint density at radius 1 is 0.709 bits per heavy atom. The summed E-state index contributed by atoms with van der Waals surface area (Å²) in [5, 5.41) is 131. The van der Waals surface area contributed by atoms with Crippen LogP contribution in [0.25, 0.3) is 11.1 Å². The molecule has 7 aliphatic heterocycles. The molecule has 18 atom stereocenters. The molecular weight excluding hydrogens is 1440 g/mol. The molecule has 2 fully saturated rings. The second kappa shape index (κ2) is 32.6. The van der Waals surface area contributed by atoms with Crippen molar-refractivity contribution in [2.24, 2.45) is 17.4 Å². The molecule has 558 valence electrons. The molecule has 0 aromatic heterocycles. The van der Waals surface area contributed by atoms with Gasteiger partial charge in [-0.3, -0.25) is 33.6 Å². The van der Waals surface area contributed by atoms with Crippen molar-refractivity contribution in [3.05, 3.63) is 117 Å². The van der Waals surface area contributed by atoms with Crippen molar-refractivity contribution < 1.29 is 118 Å². The first-order valence-corrected chi connectivity index (χ1v) is 32.4. The van der Waals surface area contributed by atoms with Crippen LogP contribution in [0.3, 0.4) is 0 Å². The Balaban J connectivity index is 0.00000672. The van der Waals surface area contributed by atoms with E-state index in [1.807, 2.05) is 13.8 Å². The predicted molar refractivity (Wildman–Crippen MR) is 364 cm³/mol. The fourth-order valence-corrected chi connectivity index (χ4v) is 12.9. The molecule has 0 radical (unpaired) electrons. The number of primary amides is 1. The second-order valence-electron chi connectivity index (χ2n) is 25.7. The molecule has 7 heterocycles. The van der Waals surface area contributed by atoms with Crippen molar-refractivity contribution in [3.8, 4) is 57.1 Å². The Morgan fingerprint density at radius 2 is 1.30 bits per heavy atom. The zero-order valence-corrected chi connectivity index (χ0v) is 58.3. The minimum atomic E-state index is -2.35. The van der Waals surface area contributed by atoms with Gasteiger partial charge < -0.3 is 128 Å². The smallest absolute Gasteiger partial charge is 0.330 e. The highest BCUT2D eigenvalue weighted by atomic mass is 35.5. The van der Waals surface area contributed by atoms with Crippen LogP contribution < -0.4 is 62.9 Å². The summed E-state index contributed by atoms with van der Waals surface area (Å²) < 4.78 is 38.3. The zero-order chi connectivity index (χ0) is 73.5. The van der Waals surface area contributed by atoms with Gasteiger partial charge in [0.2, 0.25) is 53.4 Å². The van der Waals surface area contributed by atoms with Gasteiger partial charge in [-0.1, -0.05) is 55.2 Å². The third-order valence-electron chi connectivity index (χ3n) is 17.8. The SMILES string of the molecule is CN[C@H](CC(C)C)C(=O)N[C@H]1C(=O)N[C@@H](CC(N)=O)C(=O)N[C@H]2C(=O)N[C@H]3C(=O)N[C@H](C(=O)N[C@H](C(=O)O)c4cc(O)cc(O)c4-c4cc3ccc4O)[C@H](O)c3ccc(c(Cl)c3)Oc3cc2cc(c3O[C@@H]2O[C@H](CO)[C@@H](O)[C@H](O)[C@H]2O[C@H]2C[C@](C)(N)[C@H](O)[C@H](C)O2)Oc2ccc(cc2Cl)[C@H]1O.Cl.Cl. The Bertz CT molecular complexity index is 4080. The van der Waals surface area contributed by atoms with Crippen LogP contribution in [-0.4, -0.2) is 191 Å². The number of phenolic OH excluding ortho intramolecular Hbond substituents is 3. The summed E-state index contributed by atoms with van der Waals surface area (Å²) in [6, 6.07) is -0.679. The molecule has 5 aromatic rings. The van der Waals surface area contributed by atoms with Crippen LogP contribution in [0.1, 0.15) is 105 Å². The Morgan fingerprint density at radius 3 is 1.87 bits per heavy atom. The van der Waals surface area contributed by atoms with E-state index >= 15 is 14.4 Å². The fraction of sp³-hybridized carbons (Fsp3) is 0.424. The number of nitrogens with one attached hydrogen (secondary N) is 7. The van der Waals surface area contributed by atoms with E-state index in [9.17, 15) is 75.0 Å². The fourth-order valence-electron chi connectivity index (χ4n) is 12.5. The van der Waals surface area contributed by atoms with Gasteiger partial charge in [0.15, 0.2) is 29.9 Å². The van der Waals surface area contributed by atoms with Gasteiger partial charge in [-0.2, -0.15) is 0 Å². The van der Waals surface area contributed by atoms with Gasteiger partial charge in [-0.15, -0.1) is 24.8 Å². The number of carbonyl (C=O) groups is 8. The summed E-state index contributed by atoms with van der Waals surface area (Å²) in [5.41, 5.74) is 8.00. The van der Waals surface area contributed by atoms with Crippen LogP contribution in [0, 0.1) is 5.92 Å². The van der Waals surface area contributed by atoms with E-state index in [2.05, 4.69) is 37.2 Å². The number of carboxylic acids is 1. The van der Waals surface area contributed by atoms with Gasteiger partial charge in [0.05, 0.1) is 41.3 Å². The van der Waals surface area contributed by atoms with Gasteiger partial charge in [0.1, 0.15) is 89.5 Å². The van der Waals surface area contributed by atoms with Gasteiger partial charge >= 0.3 is 5.97 Å². The number of carbonyl (C=O) groups excluding carboxylic acids is 7. The lowest BCUT2D eigenvalue weighted by molar-refractivity contribution is -0.333. The molecule has 7 aliphatic rings. The van der Waals surface area contributed by atoms with Gasteiger partial charge in [0.25, 0.3) is 0 Å². The monoisotopic (exact) mass is 1520 g/mol. The van der Waals surface area contributed by atoms with Crippen molar-refractivity contribution >= 4 is 95.3 Å². The molecule has 11 bridgehead atoms. The van der Waals surface area contributed by atoms with Crippen LogP contribution in [0.5, 0.6) is 46.0 Å². The molecule has 21 N–H and O–H groups in total. The van der Waals surface area contributed by atoms with Gasteiger partial charge in [0, 0.05) is 34.7 Å². The largest absolute Gasteiger partial charge is 0.508 e. The minimum absolute atomic E-state index is 0. The number of hydrogen-bond acceptors (Lipinski definition) is 25. The molecule has 0 saturated carbocycles. The maximum absolute atomic E-state index is 16.0. The number of halogens is 4. The van der Waals surface area contributed by atoms with E-state index in [-0.39, 0.29) is 71.0 Å². The lowest BCUT2D eigenvalue weighted by Crippen LogP contribution is -2.64. The number of aliphatic hydroxyl groups excluding tert-OH is 6. The number of nitrogens with two attached hydrogens (primary N) is 2. The summed E-state index contributed by atoms with van der Waals surface area (Å²) in [5.74, 6) is -16.0. The summed E-state index contributed by atoms with van der Waals surface area (Å²) in [4.78, 5) is 117. The molecular formula is C66H77Cl4N9O24. The third-order valence-corrected chi connectivity index (χ3v) is 18.4. The molecule has 12 rings (SSSR count). The standard InChI is InChI=1S/C66H75Cl2N9O24.2ClH/c1-23(2)12-34(71-5)58(88)76-49-51(83)26-7-10-38(32(67)14-26)97-40-16-28-17-41(55(40)101-65-56(54(86)53(85)42(22-78)99-65)100-44-21-66(4,70)57(87)24(3)96-44)98-39-11-8-27(15-33(39)68)52(84)50-63(93)75-48(64(94)95)31-18-29(79)19-37(81)45(31)30-13-25(6-9-36(30)80)46(60(90)77-50)74-61(91)47(28)73-59(89)35(20-43(69)82)72-62(49)92;;/h6-11,13-19,23-24,34-35,42,44,46-54,56-57,65,71,78-81,83-87H,12,20-22,70H2,1-5H3,(H2,69,82)(H,72,92)(H,73,89)(H,74,91)(H,75,93)(H,76,88)(H,77,90)(H,94,95);2*1H/t24-,34+,35-,42+,44-,46+,47+,48-,49+,50-,51+,52+,53+,54-,56+,57+,65-,66-;;/m0../s1. The highest BCUT2D eigenvalue weighted by molar-refractivity contribution is 6.32. The number of aliphatic hydroxyl groups is 6. The highest BCUT2D eigenvalue weighted by Gasteiger charge is 2.51. The number of phenols is 3. The molecule has 0 spiro atoms. The Hall–Kier alpha value is -8.62. The molecule has 0 unspecified atom stereocenters. The molecule has 2 saturated heterocycles. The Kier molecular flexibility index (Phi) is 25.3. The van der Waals surface area contributed by atoms with E-state index in [1.165, 1.54) is 33.0 Å². The molecule has 37 heteroatoms. The highest BCUT2D eigenvalue weighted by Crippen LogP contribution is 2.50. The third kappa shape index (κ3) is 17.1. The maximum Gasteiger partial charge on any atom is 0.330 e. The Labute approximate surface area is 608 Å². The molecule has 5 aromatic carbocycles. The second-order valence-corrected chi connectivity index (χ2v) is 26.5. The maximum atomic E-state index is 16.0. The van der Waals surface area contributed by atoms with Crippen LogP contribution in [0.15, 0.2) is 78.9 Å². The molecule has 33 nitrogen and oxygen atoms in total. The van der Waals surface area contributed by atoms with Crippen LogP contribution in [0.2, 0.25) is 10.0 Å². The van der Waals surface area contributed by atoms with Crippen molar-refractivity contribution in [2.45, 2.75) is 156 Å². The van der Waals surface area contributed by atoms with Gasteiger partial charge in [-0.05, 0) is 110 Å². The lowest BCUT2D eigenvalue weighted by Gasteiger charge is -2.47. The topological polar surface area (TPSA) is 530 Å². The average molecular weight is 1520 g/mol. The molecule has 7 amide bonds. The quantitative estimate of drug-likeness (QED) is 0.0780. The van der Waals surface area contributed by atoms with E-state index < -0.39 is 237 Å². The first-order valence-electron chi connectivity index (χ1n) is 31.6. The summed E-state index contributed by atoms with van der Waals surface area (Å²) in [6.07, 6.45) is -18.6. The first kappa shape index (κ1) is 80.1. The van der Waals surface area contributed by atoms with Crippen LogP contribution in [0.4, 0.5) is 0 Å². The number of benzene rings is 5. The first-order chi connectivity index (χ1) is 47.7. The molecule has 103 heavy (non-hydrogen) atoms. The van der Waals surface area contributed by atoms with Crippen LogP contribution >= 0.6 is 48.0 Å². The number of fused-ring (bicyclic) bond motifs is 15.